The molecular weight excluding hydrogens is 517 g/mol. The summed E-state index contributed by atoms with van der Waals surface area (Å²) in [5, 5.41) is 8.57. The van der Waals surface area contributed by atoms with Gasteiger partial charge in [-0.1, -0.05) is 18.5 Å². The summed E-state index contributed by atoms with van der Waals surface area (Å²) >= 11 is 5.96. The van der Waals surface area contributed by atoms with Crippen LogP contribution in [0.25, 0.3) is 11.0 Å². The van der Waals surface area contributed by atoms with E-state index in [2.05, 4.69) is 27.1 Å². The lowest BCUT2D eigenvalue weighted by molar-refractivity contribution is 0.601. The molecule has 5 rings (SSSR count). The second-order valence-corrected chi connectivity index (χ2v) is 11.4. The van der Waals surface area contributed by atoms with Crippen LogP contribution in [0.3, 0.4) is 0 Å². The number of halogens is 2. The lowest BCUT2D eigenvalue weighted by Crippen LogP contribution is -2.47. The predicted molar refractivity (Wildman–Crippen MR) is 144 cm³/mol. The van der Waals surface area contributed by atoms with Gasteiger partial charge in [0, 0.05) is 50.4 Å². The minimum absolute atomic E-state index is 0.0167. The minimum Gasteiger partial charge on any atom is -0.368 e. The lowest BCUT2D eigenvalue weighted by Gasteiger charge is -2.37. The lowest BCUT2D eigenvalue weighted by atomic mass is 10.2. The summed E-state index contributed by atoms with van der Waals surface area (Å²) in [4.78, 5) is 14.2. The third-order valence-electron chi connectivity index (χ3n) is 6.30. The zero-order chi connectivity index (χ0) is 26.2. The van der Waals surface area contributed by atoms with Crippen LogP contribution >= 0.6 is 11.6 Å². The monoisotopic (exact) mass is 543 g/mol. The van der Waals surface area contributed by atoms with Crippen molar-refractivity contribution in [3.05, 3.63) is 59.5 Å². The smallest absolute Gasteiger partial charge is 0.231 e. The maximum absolute atomic E-state index is 13.6. The molecule has 0 atom stereocenters. The Bertz CT molecular complexity index is 1530. The molecule has 9 nitrogen and oxygen atoms in total. The van der Waals surface area contributed by atoms with Gasteiger partial charge in [-0.3, -0.25) is 0 Å². The molecule has 0 saturated carbocycles. The van der Waals surface area contributed by atoms with Gasteiger partial charge >= 0.3 is 0 Å². The van der Waals surface area contributed by atoms with E-state index in [1.165, 1.54) is 18.4 Å². The first-order valence-corrected chi connectivity index (χ1v) is 14.3. The molecule has 0 spiro atoms. The topological polar surface area (TPSA) is 96.3 Å². The number of piperazine rings is 1. The predicted octanol–water partition coefficient (Wildman–Crippen LogP) is 4.50. The number of hydrogen-bond acceptors (Lipinski definition) is 8. The molecule has 0 aliphatic carbocycles. The number of benzene rings is 2. The van der Waals surface area contributed by atoms with E-state index in [0.29, 0.717) is 29.6 Å². The van der Waals surface area contributed by atoms with Gasteiger partial charge in [0.05, 0.1) is 21.5 Å². The Morgan fingerprint density at radius 2 is 1.73 bits per heavy atom. The number of nitrogens with one attached hydrogen (secondary N) is 1. The highest BCUT2D eigenvalue weighted by molar-refractivity contribution is 7.90. The molecular formula is C25H27ClFN7O2S. The Hall–Kier alpha value is -3.44. The Kier molecular flexibility index (Phi) is 6.91. The first kappa shape index (κ1) is 25.2. The molecule has 0 amide bonds. The maximum Gasteiger partial charge on any atom is 0.231 e. The Morgan fingerprint density at radius 3 is 2.38 bits per heavy atom. The van der Waals surface area contributed by atoms with Crippen molar-refractivity contribution in [1.29, 1.82) is 0 Å². The highest BCUT2D eigenvalue weighted by atomic mass is 35.5. The van der Waals surface area contributed by atoms with Crippen molar-refractivity contribution in [2.75, 3.05) is 47.6 Å². The first-order chi connectivity index (χ1) is 17.7. The van der Waals surface area contributed by atoms with Crippen LogP contribution in [0.15, 0.2) is 53.6 Å². The maximum atomic E-state index is 13.6. The van der Waals surface area contributed by atoms with Crippen molar-refractivity contribution in [2.45, 2.75) is 24.8 Å². The quantitative estimate of drug-likeness (QED) is 0.364. The number of hydrogen-bond donors (Lipinski definition) is 1. The standard InChI is InChI=1S/C25H27ClFN7O2S/c1-3-10-34-24-20(16-28-34)23(30-25(31-24)29-17-4-9-22(27)21(26)15-17)33-13-11-32(12-14-33)18-5-7-19(8-6-18)37(2,35)36/h4-9,15-16H,3,10-14H2,1-2H3,(H,29,30,31). The summed E-state index contributed by atoms with van der Waals surface area (Å²) in [5.74, 6) is 0.658. The fourth-order valence-corrected chi connectivity index (χ4v) is 5.21. The van der Waals surface area contributed by atoms with Crippen LogP contribution < -0.4 is 15.1 Å². The van der Waals surface area contributed by atoms with Gasteiger partial charge in [-0.15, -0.1) is 0 Å². The summed E-state index contributed by atoms with van der Waals surface area (Å²) in [6.07, 6.45) is 3.91. The molecule has 2 aromatic carbocycles. The van der Waals surface area contributed by atoms with Crippen molar-refractivity contribution in [1.82, 2.24) is 19.7 Å². The molecule has 0 bridgehead atoms. The van der Waals surface area contributed by atoms with Crippen molar-refractivity contribution in [2.24, 2.45) is 0 Å². The van der Waals surface area contributed by atoms with Crippen LogP contribution in [0.2, 0.25) is 5.02 Å². The molecule has 1 N–H and O–H groups in total. The van der Waals surface area contributed by atoms with Crippen LogP contribution in [0, 0.1) is 5.82 Å². The fourth-order valence-electron chi connectivity index (χ4n) is 4.40. The third-order valence-corrected chi connectivity index (χ3v) is 7.71. The van der Waals surface area contributed by atoms with E-state index in [0.717, 1.165) is 48.6 Å². The van der Waals surface area contributed by atoms with Gasteiger partial charge in [-0.05, 0) is 48.9 Å². The summed E-state index contributed by atoms with van der Waals surface area (Å²) in [5.41, 5.74) is 2.29. The number of anilines is 4. The summed E-state index contributed by atoms with van der Waals surface area (Å²) in [6, 6.07) is 11.4. The summed E-state index contributed by atoms with van der Waals surface area (Å²) in [7, 11) is -3.23. The van der Waals surface area contributed by atoms with Gasteiger partial charge in [-0.25, -0.2) is 17.5 Å². The average molecular weight is 544 g/mol. The molecule has 0 unspecified atom stereocenters. The van der Waals surface area contributed by atoms with Crippen molar-refractivity contribution >= 4 is 55.6 Å². The molecule has 2 aromatic heterocycles. The summed E-state index contributed by atoms with van der Waals surface area (Å²) in [6.45, 7) is 5.70. The number of aryl methyl sites for hydroxylation is 1. The second-order valence-electron chi connectivity index (χ2n) is 8.97. The molecule has 3 heterocycles. The van der Waals surface area contributed by atoms with E-state index in [9.17, 15) is 12.8 Å². The second kappa shape index (κ2) is 10.1. The van der Waals surface area contributed by atoms with Crippen molar-refractivity contribution in [3.63, 3.8) is 0 Å². The van der Waals surface area contributed by atoms with Crippen molar-refractivity contribution < 1.29 is 12.8 Å². The van der Waals surface area contributed by atoms with Crippen LogP contribution in [0.5, 0.6) is 0 Å². The summed E-state index contributed by atoms with van der Waals surface area (Å²) < 4.78 is 39.1. The molecule has 1 fully saturated rings. The number of sulfone groups is 1. The van der Waals surface area contributed by atoms with E-state index >= 15 is 0 Å². The largest absolute Gasteiger partial charge is 0.368 e. The van der Waals surface area contributed by atoms with E-state index in [-0.39, 0.29) is 5.02 Å². The Labute approximate surface area is 219 Å². The van der Waals surface area contributed by atoms with Gasteiger partial charge in [0.1, 0.15) is 11.6 Å². The minimum atomic E-state index is -3.23. The normalized spacial score (nSPS) is 14.4. The van der Waals surface area contributed by atoms with Gasteiger partial charge in [0.2, 0.25) is 5.95 Å². The average Bonchev–Trinajstić information content (AvgIpc) is 3.28. The van der Waals surface area contributed by atoms with E-state index in [1.807, 2.05) is 16.8 Å². The van der Waals surface area contributed by atoms with Crippen LogP contribution in [-0.4, -0.2) is 60.6 Å². The van der Waals surface area contributed by atoms with Gasteiger partial charge in [-0.2, -0.15) is 15.1 Å². The van der Waals surface area contributed by atoms with E-state index < -0.39 is 15.7 Å². The molecule has 1 saturated heterocycles. The molecule has 37 heavy (non-hydrogen) atoms. The number of nitrogens with zero attached hydrogens (tertiary/aromatic N) is 6. The Morgan fingerprint density at radius 1 is 1.03 bits per heavy atom. The fraction of sp³-hybridized carbons (Fsp3) is 0.320. The molecule has 1 aliphatic rings. The highest BCUT2D eigenvalue weighted by Crippen LogP contribution is 2.29. The van der Waals surface area contributed by atoms with E-state index in [4.69, 9.17) is 21.6 Å². The zero-order valence-corrected chi connectivity index (χ0v) is 22.1. The number of aromatic nitrogens is 4. The van der Waals surface area contributed by atoms with Crippen molar-refractivity contribution in [3.8, 4) is 0 Å². The van der Waals surface area contributed by atoms with Crippen LogP contribution in [0.4, 0.5) is 27.5 Å². The van der Waals surface area contributed by atoms with Crippen LogP contribution in [-0.2, 0) is 16.4 Å². The SMILES string of the molecule is CCCn1ncc2c(N3CCN(c4ccc(S(C)(=O)=O)cc4)CC3)nc(Nc3ccc(F)c(Cl)c3)nc21. The van der Waals surface area contributed by atoms with Gasteiger partial charge < -0.3 is 15.1 Å². The first-order valence-electron chi connectivity index (χ1n) is 12.0. The van der Waals surface area contributed by atoms with E-state index in [1.54, 1.807) is 24.4 Å². The van der Waals surface area contributed by atoms with Gasteiger partial charge in [0.25, 0.3) is 0 Å². The molecule has 4 aromatic rings. The highest BCUT2D eigenvalue weighted by Gasteiger charge is 2.23. The molecule has 194 valence electrons. The molecule has 0 radical (unpaired) electrons. The molecule has 1 aliphatic heterocycles. The third kappa shape index (κ3) is 5.33. The molecule has 12 heteroatoms. The zero-order valence-electron chi connectivity index (χ0n) is 20.5. The van der Waals surface area contributed by atoms with Gasteiger partial charge in [0.15, 0.2) is 15.5 Å². The number of fused-ring (bicyclic) bond motifs is 1. The Balaban J connectivity index is 1.41. The van der Waals surface area contributed by atoms with Crippen LogP contribution in [0.1, 0.15) is 13.3 Å². The number of rotatable bonds is 7.